The van der Waals surface area contributed by atoms with Gasteiger partial charge >= 0.3 is 0 Å². The van der Waals surface area contributed by atoms with Gasteiger partial charge in [0.25, 0.3) is 0 Å². The molecule has 4 heteroatoms. The zero-order valence-corrected chi connectivity index (χ0v) is 12.8. The number of aromatic nitrogens is 1. The first-order valence-electron chi connectivity index (χ1n) is 7.50. The monoisotopic (exact) mass is 277 g/mol. The minimum absolute atomic E-state index is 0.130. The zero-order chi connectivity index (χ0) is 14.8. The number of aliphatic hydroxyl groups is 1. The average molecular weight is 277 g/mol. The highest BCUT2D eigenvalue weighted by molar-refractivity contribution is 5.39. The van der Waals surface area contributed by atoms with Crippen LogP contribution < -0.4 is 5.73 Å². The number of hydrogen-bond donors (Lipinski definition) is 2. The fraction of sp³-hybridized carbons (Fsp3) is 0.688. The second kappa shape index (κ2) is 6.10. The highest BCUT2D eigenvalue weighted by Gasteiger charge is 2.42. The van der Waals surface area contributed by atoms with E-state index < -0.39 is 6.10 Å². The van der Waals surface area contributed by atoms with Gasteiger partial charge in [-0.05, 0) is 57.3 Å². The number of nitrogen functional groups attached to an aromatic ring is 1. The molecule has 3 N–H and O–H groups in total. The summed E-state index contributed by atoms with van der Waals surface area (Å²) in [5, 5.41) is 10.8. The van der Waals surface area contributed by atoms with Crippen LogP contribution in [0.5, 0.6) is 0 Å². The number of pyridine rings is 1. The highest BCUT2D eigenvalue weighted by atomic mass is 16.3. The van der Waals surface area contributed by atoms with Crippen molar-refractivity contribution in [1.29, 1.82) is 0 Å². The first-order chi connectivity index (χ1) is 9.45. The van der Waals surface area contributed by atoms with Gasteiger partial charge in [-0.3, -0.25) is 0 Å². The second-order valence-electron chi connectivity index (χ2n) is 6.45. The van der Waals surface area contributed by atoms with E-state index in [2.05, 4.69) is 30.9 Å². The van der Waals surface area contributed by atoms with Crippen LogP contribution in [0.15, 0.2) is 18.3 Å². The average Bonchev–Trinajstić information content (AvgIpc) is 2.42. The molecule has 1 aromatic rings. The van der Waals surface area contributed by atoms with Crippen molar-refractivity contribution in [2.24, 2.45) is 5.92 Å². The van der Waals surface area contributed by atoms with Gasteiger partial charge in [-0.25, -0.2) is 4.98 Å². The van der Waals surface area contributed by atoms with E-state index >= 15 is 0 Å². The molecule has 0 radical (unpaired) electrons. The number of rotatable bonds is 4. The summed E-state index contributed by atoms with van der Waals surface area (Å²) in [5.74, 6) is 1.29. The van der Waals surface area contributed by atoms with E-state index in [9.17, 15) is 5.11 Å². The molecule has 20 heavy (non-hydrogen) atoms. The maximum Gasteiger partial charge on any atom is 0.126 e. The molecule has 1 aromatic heterocycles. The third-order valence-electron chi connectivity index (χ3n) is 4.99. The van der Waals surface area contributed by atoms with Crippen molar-refractivity contribution in [3.63, 3.8) is 0 Å². The lowest BCUT2D eigenvalue weighted by atomic mass is 9.72. The quantitative estimate of drug-likeness (QED) is 0.884. The molecule has 0 spiro atoms. The molecular weight excluding hydrogens is 250 g/mol. The Kier molecular flexibility index (Phi) is 4.66. The summed E-state index contributed by atoms with van der Waals surface area (Å²) in [6, 6.07) is 3.84. The lowest BCUT2D eigenvalue weighted by Crippen LogP contribution is -2.56. The number of likely N-dealkylation sites (N-methyl/N-ethyl adjacent to an activating group) is 1. The van der Waals surface area contributed by atoms with Crippen LogP contribution in [0.4, 0.5) is 5.82 Å². The first-order valence-corrected chi connectivity index (χ1v) is 7.50. The summed E-state index contributed by atoms with van der Waals surface area (Å²) in [6.07, 6.45) is 6.30. The molecule has 0 bridgehead atoms. The molecule has 0 saturated heterocycles. The SMILES string of the molecule is CC1CCC(C(O)Cc2cccnc2N)(N(C)C)CC1. The molecule has 0 amide bonds. The van der Waals surface area contributed by atoms with Crippen LogP contribution in [0.2, 0.25) is 0 Å². The number of nitrogens with zero attached hydrogens (tertiary/aromatic N) is 2. The van der Waals surface area contributed by atoms with Gasteiger partial charge in [-0.1, -0.05) is 13.0 Å². The molecule has 0 aliphatic heterocycles. The van der Waals surface area contributed by atoms with Crippen molar-refractivity contribution in [3.8, 4) is 0 Å². The Bertz CT molecular complexity index is 439. The molecule has 0 aromatic carbocycles. The lowest BCUT2D eigenvalue weighted by molar-refractivity contribution is -0.0381. The van der Waals surface area contributed by atoms with Crippen LogP contribution in [0.3, 0.4) is 0 Å². The van der Waals surface area contributed by atoms with Crippen molar-refractivity contribution < 1.29 is 5.11 Å². The van der Waals surface area contributed by atoms with Crippen molar-refractivity contribution in [2.45, 2.75) is 50.7 Å². The summed E-state index contributed by atoms with van der Waals surface area (Å²) in [7, 11) is 4.15. The Morgan fingerprint density at radius 1 is 1.45 bits per heavy atom. The Hall–Kier alpha value is -1.13. The smallest absolute Gasteiger partial charge is 0.126 e. The predicted molar refractivity (Wildman–Crippen MR) is 82.4 cm³/mol. The zero-order valence-electron chi connectivity index (χ0n) is 12.8. The topological polar surface area (TPSA) is 62.4 Å². The summed E-state index contributed by atoms with van der Waals surface area (Å²) in [4.78, 5) is 6.31. The summed E-state index contributed by atoms with van der Waals surface area (Å²) in [5.41, 5.74) is 6.72. The molecule has 1 atom stereocenters. The van der Waals surface area contributed by atoms with Crippen molar-refractivity contribution >= 4 is 5.82 Å². The van der Waals surface area contributed by atoms with Gasteiger partial charge in [0.15, 0.2) is 0 Å². The van der Waals surface area contributed by atoms with E-state index in [-0.39, 0.29) is 5.54 Å². The maximum absolute atomic E-state index is 10.8. The van der Waals surface area contributed by atoms with E-state index in [0.29, 0.717) is 12.2 Å². The third kappa shape index (κ3) is 2.96. The molecule has 112 valence electrons. The molecule has 1 saturated carbocycles. The molecule has 1 unspecified atom stereocenters. The number of hydrogen-bond acceptors (Lipinski definition) is 4. The first kappa shape index (κ1) is 15.3. The Labute approximate surface area is 122 Å². The molecule has 1 aliphatic carbocycles. The van der Waals surface area contributed by atoms with Crippen molar-refractivity contribution in [3.05, 3.63) is 23.9 Å². The van der Waals surface area contributed by atoms with E-state index in [0.717, 1.165) is 24.3 Å². The molecule has 1 fully saturated rings. The molecule has 4 nitrogen and oxygen atoms in total. The van der Waals surface area contributed by atoms with Crippen LogP contribution in [0.1, 0.15) is 38.2 Å². The van der Waals surface area contributed by atoms with E-state index in [4.69, 9.17) is 5.73 Å². The van der Waals surface area contributed by atoms with Gasteiger partial charge in [0.1, 0.15) is 5.82 Å². The minimum Gasteiger partial charge on any atom is -0.391 e. The van der Waals surface area contributed by atoms with Gasteiger partial charge in [-0.15, -0.1) is 0 Å². The Morgan fingerprint density at radius 3 is 2.65 bits per heavy atom. The largest absolute Gasteiger partial charge is 0.391 e. The van der Waals surface area contributed by atoms with Crippen LogP contribution in [-0.4, -0.2) is 40.7 Å². The maximum atomic E-state index is 10.8. The molecule has 2 rings (SSSR count). The van der Waals surface area contributed by atoms with Crippen LogP contribution in [0.25, 0.3) is 0 Å². The Morgan fingerprint density at radius 2 is 2.10 bits per heavy atom. The standard InChI is InChI=1S/C16H27N3O/c1-12-6-8-16(9-7-12,19(2)3)14(20)11-13-5-4-10-18-15(13)17/h4-5,10,12,14,20H,6-9,11H2,1-3H3,(H2,17,18). The normalized spacial score (nSPS) is 28.6. The van der Waals surface area contributed by atoms with Crippen LogP contribution >= 0.6 is 0 Å². The fourth-order valence-electron chi connectivity index (χ4n) is 3.36. The van der Waals surface area contributed by atoms with Gasteiger partial charge in [0.05, 0.1) is 6.10 Å². The lowest BCUT2D eigenvalue weighted by Gasteiger charge is -2.47. The molecule has 1 aliphatic rings. The summed E-state index contributed by atoms with van der Waals surface area (Å²) < 4.78 is 0. The van der Waals surface area contributed by atoms with E-state index in [1.807, 2.05) is 12.1 Å². The van der Waals surface area contributed by atoms with Crippen LogP contribution in [-0.2, 0) is 6.42 Å². The van der Waals surface area contributed by atoms with Crippen LogP contribution in [0, 0.1) is 5.92 Å². The van der Waals surface area contributed by atoms with Gasteiger partial charge in [0.2, 0.25) is 0 Å². The summed E-state index contributed by atoms with van der Waals surface area (Å²) >= 11 is 0. The minimum atomic E-state index is -0.406. The van der Waals surface area contributed by atoms with E-state index in [1.54, 1.807) is 6.20 Å². The van der Waals surface area contributed by atoms with Gasteiger partial charge in [-0.2, -0.15) is 0 Å². The van der Waals surface area contributed by atoms with Crippen molar-refractivity contribution in [1.82, 2.24) is 9.88 Å². The predicted octanol–water partition coefficient (Wildman–Crippen LogP) is 2.08. The third-order valence-corrected chi connectivity index (χ3v) is 4.99. The van der Waals surface area contributed by atoms with Gasteiger partial charge < -0.3 is 15.7 Å². The summed E-state index contributed by atoms with van der Waals surface area (Å²) in [6.45, 7) is 2.30. The van der Waals surface area contributed by atoms with Gasteiger partial charge in [0, 0.05) is 18.2 Å². The Balaban J connectivity index is 2.16. The number of anilines is 1. The highest BCUT2D eigenvalue weighted by Crippen LogP contribution is 2.38. The molecular formula is C16H27N3O. The molecule has 1 heterocycles. The fourth-order valence-corrected chi connectivity index (χ4v) is 3.36. The van der Waals surface area contributed by atoms with E-state index in [1.165, 1.54) is 12.8 Å². The second-order valence-corrected chi connectivity index (χ2v) is 6.45. The van der Waals surface area contributed by atoms with Crippen molar-refractivity contribution in [2.75, 3.05) is 19.8 Å². The number of nitrogens with two attached hydrogens (primary N) is 1. The number of aliphatic hydroxyl groups excluding tert-OH is 1.